The van der Waals surface area contributed by atoms with Crippen molar-refractivity contribution in [2.45, 2.75) is 32.4 Å². The number of halogens is 1. The molecule has 1 aliphatic rings. The summed E-state index contributed by atoms with van der Waals surface area (Å²) in [4.78, 5) is 48.1. The molecule has 0 bridgehead atoms. The topological polar surface area (TPSA) is 105 Å². The van der Waals surface area contributed by atoms with Crippen LogP contribution in [-0.2, 0) is 25.7 Å². The molecule has 1 aromatic carbocycles. The number of esters is 1. The largest absolute Gasteiger partial charge is 0.456 e. The Kier molecular flexibility index (Phi) is 6.20. The fraction of sp³-hybridized carbons (Fsp3) is 0.412. The Labute approximate surface area is 155 Å². The van der Waals surface area contributed by atoms with Gasteiger partial charge in [-0.05, 0) is 25.5 Å². The maximum atomic E-state index is 12.0. The second kappa shape index (κ2) is 8.18. The van der Waals surface area contributed by atoms with E-state index < -0.39 is 36.0 Å². The normalized spacial score (nSPS) is 15.6. The van der Waals surface area contributed by atoms with Crippen molar-refractivity contribution in [1.82, 2.24) is 15.5 Å². The Balaban J connectivity index is 1.70. The van der Waals surface area contributed by atoms with Crippen molar-refractivity contribution >= 4 is 35.4 Å². The number of hydrogen-bond donors (Lipinski definition) is 2. The third-order valence-electron chi connectivity index (χ3n) is 3.78. The Hall–Kier alpha value is -2.61. The highest BCUT2D eigenvalue weighted by atomic mass is 35.5. The number of carbonyl (C=O) groups excluding carboxylic acids is 4. The van der Waals surface area contributed by atoms with Gasteiger partial charge in [-0.2, -0.15) is 0 Å². The van der Waals surface area contributed by atoms with Gasteiger partial charge in [0.15, 0.2) is 6.61 Å². The van der Waals surface area contributed by atoms with Crippen LogP contribution in [0.15, 0.2) is 24.3 Å². The van der Waals surface area contributed by atoms with Crippen LogP contribution in [0.5, 0.6) is 0 Å². The van der Waals surface area contributed by atoms with Gasteiger partial charge in [0.1, 0.15) is 5.54 Å². The van der Waals surface area contributed by atoms with Crippen LogP contribution >= 0.6 is 11.6 Å². The third-order valence-corrected chi connectivity index (χ3v) is 4.15. The molecule has 1 fully saturated rings. The quantitative estimate of drug-likeness (QED) is 0.545. The van der Waals surface area contributed by atoms with E-state index in [4.69, 9.17) is 16.3 Å². The zero-order chi connectivity index (χ0) is 19.3. The molecule has 9 heteroatoms. The van der Waals surface area contributed by atoms with Gasteiger partial charge in [0.2, 0.25) is 0 Å². The standard InChI is InChI=1S/C17H20ClN3O5/c1-17(2)15(24)21(16(25)20-17)8-7-14(23)26-10-13(22)19-9-11-5-3-4-6-12(11)18/h3-6H,7-10H2,1-2H3,(H,19,22)(H,20,25). The van der Waals surface area contributed by atoms with Crippen LogP contribution in [0.2, 0.25) is 5.02 Å². The van der Waals surface area contributed by atoms with E-state index in [-0.39, 0.29) is 19.5 Å². The number of ether oxygens (including phenoxy) is 1. The van der Waals surface area contributed by atoms with Crippen molar-refractivity contribution in [3.8, 4) is 0 Å². The highest BCUT2D eigenvalue weighted by Gasteiger charge is 2.44. The molecule has 2 N–H and O–H groups in total. The van der Waals surface area contributed by atoms with Gasteiger partial charge in [-0.15, -0.1) is 0 Å². The summed E-state index contributed by atoms with van der Waals surface area (Å²) in [6.45, 7) is 2.82. The zero-order valence-electron chi connectivity index (χ0n) is 14.5. The average Bonchev–Trinajstić information content (AvgIpc) is 2.78. The summed E-state index contributed by atoms with van der Waals surface area (Å²) in [6, 6.07) is 6.51. The van der Waals surface area contributed by atoms with Gasteiger partial charge in [0, 0.05) is 18.1 Å². The zero-order valence-corrected chi connectivity index (χ0v) is 15.3. The fourth-order valence-corrected chi connectivity index (χ4v) is 2.53. The maximum absolute atomic E-state index is 12.0. The molecule has 8 nitrogen and oxygen atoms in total. The van der Waals surface area contributed by atoms with Gasteiger partial charge in [-0.3, -0.25) is 19.3 Å². The predicted molar refractivity (Wildman–Crippen MR) is 93.2 cm³/mol. The van der Waals surface area contributed by atoms with Crippen molar-refractivity contribution in [2.24, 2.45) is 0 Å². The lowest BCUT2D eigenvalue weighted by Crippen LogP contribution is -2.40. The summed E-state index contributed by atoms with van der Waals surface area (Å²) < 4.78 is 4.85. The summed E-state index contributed by atoms with van der Waals surface area (Å²) >= 11 is 5.98. The minimum absolute atomic E-state index is 0.103. The van der Waals surface area contributed by atoms with Crippen molar-refractivity contribution in [1.29, 1.82) is 0 Å². The minimum Gasteiger partial charge on any atom is -0.456 e. The number of imide groups is 1. The molecule has 0 spiro atoms. The van der Waals surface area contributed by atoms with Crippen LogP contribution in [0, 0.1) is 0 Å². The third kappa shape index (κ3) is 4.95. The molecule has 0 aliphatic carbocycles. The molecule has 2 rings (SSSR count). The minimum atomic E-state index is -0.987. The van der Waals surface area contributed by atoms with Crippen LogP contribution in [-0.4, -0.2) is 47.4 Å². The van der Waals surface area contributed by atoms with Crippen molar-refractivity contribution in [3.63, 3.8) is 0 Å². The first kappa shape index (κ1) is 19.7. The molecular weight excluding hydrogens is 362 g/mol. The summed E-state index contributed by atoms with van der Waals surface area (Å²) in [6.07, 6.45) is -0.187. The SMILES string of the molecule is CC1(C)NC(=O)N(CCC(=O)OCC(=O)NCc2ccccc2Cl)C1=O. The smallest absolute Gasteiger partial charge is 0.325 e. The Bertz CT molecular complexity index is 735. The first-order chi connectivity index (χ1) is 12.2. The molecule has 1 heterocycles. The van der Waals surface area contributed by atoms with E-state index >= 15 is 0 Å². The molecule has 0 radical (unpaired) electrons. The van der Waals surface area contributed by atoms with E-state index in [1.807, 2.05) is 0 Å². The molecule has 1 saturated heterocycles. The molecular formula is C17H20ClN3O5. The van der Waals surface area contributed by atoms with Crippen molar-refractivity contribution in [2.75, 3.05) is 13.2 Å². The number of benzene rings is 1. The van der Waals surface area contributed by atoms with Crippen LogP contribution in [0.4, 0.5) is 4.79 Å². The van der Waals surface area contributed by atoms with Gasteiger partial charge in [0.05, 0.1) is 6.42 Å². The molecule has 140 valence electrons. The number of urea groups is 1. The second-order valence-corrected chi connectivity index (χ2v) is 6.70. The first-order valence-corrected chi connectivity index (χ1v) is 8.38. The lowest BCUT2D eigenvalue weighted by atomic mass is 10.1. The number of nitrogens with one attached hydrogen (secondary N) is 2. The van der Waals surface area contributed by atoms with Gasteiger partial charge < -0.3 is 15.4 Å². The first-order valence-electron chi connectivity index (χ1n) is 8.00. The summed E-state index contributed by atoms with van der Waals surface area (Å²) in [5, 5.41) is 5.63. The molecule has 4 amide bonds. The number of amides is 4. The van der Waals surface area contributed by atoms with Crippen molar-refractivity contribution < 1.29 is 23.9 Å². The second-order valence-electron chi connectivity index (χ2n) is 6.29. The van der Waals surface area contributed by atoms with Gasteiger partial charge in [-0.25, -0.2) is 4.79 Å². The summed E-state index contributed by atoms with van der Waals surface area (Å²) in [5.74, 6) is -1.56. The van der Waals surface area contributed by atoms with E-state index in [1.54, 1.807) is 38.1 Å². The molecule has 1 aliphatic heterocycles. The monoisotopic (exact) mass is 381 g/mol. The lowest BCUT2D eigenvalue weighted by molar-refractivity contribution is -0.149. The van der Waals surface area contributed by atoms with Crippen LogP contribution in [0.1, 0.15) is 25.8 Å². The van der Waals surface area contributed by atoms with E-state index in [0.29, 0.717) is 5.02 Å². The van der Waals surface area contributed by atoms with Crippen molar-refractivity contribution in [3.05, 3.63) is 34.9 Å². The summed E-state index contributed by atoms with van der Waals surface area (Å²) in [5.41, 5.74) is -0.241. The van der Waals surface area contributed by atoms with E-state index in [0.717, 1.165) is 10.5 Å². The number of carbonyl (C=O) groups is 4. The Morgan fingerprint density at radius 3 is 2.58 bits per heavy atom. The Morgan fingerprint density at radius 2 is 1.96 bits per heavy atom. The van der Waals surface area contributed by atoms with Gasteiger partial charge in [-0.1, -0.05) is 29.8 Å². The lowest BCUT2D eigenvalue weighted by Gasteiger charge is -2.15. The molecule has 0 aromatic heterocycles. The highest BCUT2D eigenvalue weighted by Crippen LogP contribution is 2.17. The summed E-state index contributed by atoms with van der Waals surface area (Å²) in [7, 11) is 0. The molecule has 1 aromatic rings. The van der Waals surface area contributed by atoms with Crippen LogP contribution in [0.25, 0.3) is 0 Å². The molecule has 0 unspecified atom stereocenters. The highest BCUT2D eigenvalue weighted by molar-refractivity contribution is 6.31. The van der Waals surface area contributed by atoms with Crippen LogP contribution in [0.3, 0.4) is 0 Å². The van der Waals surface area contributed by atoms with E-state index in [9.17, 15) is 19.2 Å². The van der Waals surface area contributed by atoms with E-state index in [1.165, 1.54) is 0 Å². The molecule has 0 saturated carbocycles. The van der Waals surface area contributed by atoms with Crippen LogP contribution < -0.4 is 10.6 Å². The fourth-order valence-electron chi connectivity index (χ4n) is 2.33. The number of nitrogens with zero attached hydrogens (tertiary/aromatic N) is 1. The number of rotatable bonds is 7. The van der Waals surface area contributed by atoms with Gasteiger partial charge >= 0.3 is 12.0 Å². The van der Waals surface area contributed by atoms with Gasteiger partial charge in [0.25, 0.3) is 11.8 Å². The average molecular weight is 382 g/mol. The van der Waals surface area contributed by atoms with E-state index in [2.05, 4.69) is 10.6 Å². The number of hydrogen-bond acceptors (Lipinski definition) is 5. The molecule has 26 heavy (non-hydrogen) atoms. The maximum Gasteiger partial charge on any atom is 0.325 e. The Morgan fingerprint density at radius 1 is 1.27 bits per heavy atom. The molecule has 0 atom stereocenters. The predicted octanol–water partition coefficient (Wildman–Crippen LogP) is 1.22.